The average Bonchev–Trinajstić information content (AvgIpc) is 2.61. The van der Waals surface area contributed by atoms with Gasteiger partial charge in [0.1, 0.15) is 5.57 Å². The standard InChI is InChI=1S/C20H25N3O3/c1-20(2)12-13-8-4-5-9-14(13)16(22-20)15(17(24)18(21)25)19(26)23-10-6-3-7-11-23/h4-5,8-9,24H,3,6-7,10-12H2,1-2H3,(H2,21,25)/b17-15-. The minimum atomic E-state index is -1.02. The van der Waals surface area contributed by atoms with E-state index in [1.807, 2.05) is 38.1 Å². The summed E-state index contributed by atoms with van der Waals surface area (Å²) in [5.41, 5.74) is 6.94. The number of nitrogens with zero attached hydrogens (tertiary/aromatic N) is 2. The van der Waals surface area contributed by atoms with Crippen LogP contribution in [0.1, 0.15) is 44.2 Å². The molecule has 0 unspecified atom stereocenters. The van der Waals surface area contributed by atoms with Gasteiger partial charge in [0.25, 0.3) is 11.8 Å². The van der Waals surface area contributed by atoms with E-state index in [9.17, 15) is 14.7 Å². The molecule has 0 bridgehead atoms. The van der Waals surface area contributed by atoms with Gasteiger partial charge in [0, 0.05) is 18.7 Å². The molecule has 1 fully saturated rings. The first-order valence-electron chi connectivity index (χ1n) is 9.01. The Bertz CT molecular complexity index is 802. The van der Waals surface area contributed by atoms with E-state index in [1.165, 1.54) is 0 Å². The lowest BCUT2D eigenvalue weighted by Gasteiger charge is -2.32. The monoisotopic (exact) mass is 355 g/mol. The Hall–Kier alpha value is -2.63. The van der Waals surface area contributed by atoms with E-state index >= 15 is 0 Å². The Balaban J connectivity index is 2.15. The number of hydrogen-bond donors (Lipinski definition) is 2. The molecule has 0 aliphatic carbocycles. The summed E-state index contributed by atoms with van der Waals surface area (Å²) in [4.78, 5) is 31.3. The molecule has 0 radical (unpaired) electrons. The lowest BCUT2D eigenvalue weighted by Crippen LogP contribution is -2.41. The number of piperidine rings is 1. The Morgan fingerprint density at radius 1 is 1.15 bits per heavy atom. The summed E-state index contributed by atoms with van der Waals surface area (Å²) in [6.45, 7) is 5.14. The highest BCUT2D eigenvalue weighted by Crippen LogP contribution is 2.31. The van der Waals surface area contributed by atoms with Gasteiger partial charge in [-0.15, -0.1) is 0 Å². The van der Waals surface area contributed by atoms with Crippen molar-refractivity contribution in [3.05, 3.63) is 46.7 Å². The number of benzene rings is 1. The summed E-state index contributed by atoms with van der Waals surface area (Å²) in [6.07, 6.45) is 3.60. The summed E-state index contributed by atoms with van der Waals surface area (Å²) in [5, 5.41) is 10.4. The number of carbonyl (C=O) groups is 2. The molecule has 6 heteroatoms. The second-order valence-electron chi connectivity index (χ2n) is 7.55. The summed E-state index contributed by atoms with van der Waals surface area (Å²) >= 11 is 0. The zero-order chi connectivity index (χ0) is 18.9. The van der Waals surface area contributed by atoms with Gasteiger partial charge in [0.2, 0.25) is 0 Å². The molecule has 2 aliphatic heterocycles. The van der Waals surface area contributed by atoms with Gasteiger partial charge in [-0.1, -0.05) is 24.3 Å². The molecular weight excluding hydrogens is 330 g/mol. The van der Waals surface area contributed by atoms with Gasteiger partial charge in [-0.2, -0.15) is 0 Å². The first-order chi connectivity index (χ1) is 12.3. The van der Waals surface area contributed by atoms with Crippen molar-refractivity contribution in [2.45, 2.75) is 45.1 Å². The van der Waals surface area contributed by atoms with Gasteiger partial charge >= 0.3 is 0 Å². The highest BCUT2D eigenvalue weighted by Gasteiger charge is 2.35. The molecule has 0 saturated carbocycles. The predicted octanol–water partition coefficient (Wildman–Crippen LogP) is 2.12. The van der Waals surface area contributed by atoms with E-state index in [4.69, 9.17) is 10.7 Å². The Kier molecular flexibility index (Phi) is 4.85. The number of amides is 2. The summed E-state index contributed by atoms with van der Waals surface area (Å²) in [6, 6.07) is 7.63. The highest BCUT2D eigenvalue weighted by atomic mass is 16.3. The number of fused-ring (bicyclic) bond motifs is 1. The molecule has 26 heavy (non-hydrogen) atoms. The van der Waals surface area contributed by atoms with Crippen molar-refractivity contribution in [3.63, 3.8) is 0 Å². The normalized spacial score (nSPS) is 19.9. The molecule has 6 nitrogen and oxygen atoms in total. The fourth-order valence-corrected chi connectivity index (χ4v) is 3.66. The number of hydrogen-bond acceptors (Lipinski definition) is 4. The van der Waals surface area contributed by atoms with Crippen molar-refractivity contribution in [2.24, 2.45) is 10.7 Å². The van der Waals surface area contributed by atoms with Crippen molar-refractivity contribution in [3.8, 4) is 0 Å². The van der Waals surface area contributed by atoms with Gasteiger partial charge in [-0.05, 0) is 45.1 Å². The minimum absolute atomic E-state index is 0.0837. The molecule has 3 N–H and O–H groups in total. The molecule has 138 valence electrons. The molecule has 1 aromatic carbocycles. The quantitative estimate of drug-likeness (QED) is 0.642. The number of nitrogens with two attached hydrogens (primary N) is 1. The summed E-state index contributed by atoms with van der Waals surface area (Å²) in [7, 11) is 0. The van der Waals surface area contributed by atoms with Crippen LogP contribution in [0.3, 0.4) is 0 Å². The number of likely N-dealkylation sites (tertiary alicyclic amines) is 1. The first kappa shape index (κ1) is 18.2. The fraction of sp³-hybridized carbons (Fsp3) is 0.450. The van der Waals surface area contributed by atoms with Gasteiger partial charge in [-0.3, -0.25) is 14.6 Å². The Morgan fingerprint density at radius 3 is 2.46 bits per heavy atom. The van der Waals surface area contributed by atoms with Crippen molar-refractivity contribution >= 4 is 17.5 Å². The van der Waals surface area contributed by atoms with Crippen molar-refractivity contribution < 1.29 is 14.7 Å². The third-order valence-corrected chi connectivity index (χ3v) is 4.87. The third-order valence-electron chi connectivity index (χ3n) is 4.87. The SMILES string of the molecule is CC1(C)Cc2ccccc2C(/C(C(=O)N2CCCCC2)=C(/O)C(N)=O)=N1. The predicted molar refractivity (Wildman–Crippen MR) is 100 cm³/mol. The molecule has 3 rings (SSSR count). The van der Waals surface area contributed by atoms with E-state index in [0.29, 0.717) is 18.8 Å². The molecule has 2 aliphatic rings. The molecular formula is C20H25N3O3. The van der Waals surface area contributed by atoms with Crippen molar-refractivity contribution in [1.82, 2.24) is 4.90 Å². The lowest BCUT2D eigenvalue weighted by molar-refractivity contribution is -0.128. The van der Waals surface area contributed by atoms with Crippen LogP contribution in [0.15, 0.2) is 40.6 Å². The topological polar surface area (TPSA) is 96.0 Å². The van der Waals surface area contributed by atoms with Crippen LogP contribution >= 0.6 is 0 Å². The van der Waals surface area contributed by atoms with Gasteiger partial charge in [0.05, 0.1) is 11.3 Å². The van der Waals surface area contributed by atoms with E-state index in [2.05, 4.69) is 0 Å². The maximum absolute atomic E-state index is 13.2. The number of carbonyl (C=O) groups excluding carboxylic acids is 2. The Labute approximate surface area is 153 Å². The van der Waals surface area contributed by atoms with Crippen LogP contribution in [0.4, 0.5) is 0 Å². The lowest BCUT2D eigenvalue weighted by atomic mass is 9.84. The number of aliphatic hydroxyl groups excluding tert-OH is 1. The van der Waals surface area contributed by atoms with E-state index in [0.717, 1.165) is 36.8 Å². The molecule has 0 aromatic heterocycles. The van der Waals surface area contributed by atoms with Crippen LogP contribution < -0.4 is 5.73 Å². The molecule has 0 spiro atoms. The van der Waals surface area contributed by atoms with Crippen molar-refractivity contribution in [2.75, 3.05) is 13.1 Å². The zero-order valence-electron chi connectivity index (χ0n) is 15.3. The van der Waals surface area contributed by atoms with E-state index < -0.39 is 17.2 Å². The molecule has 2 amide bonds. The third kappa shape index (κ3) is 3.49. The maximum Gasteiger partial charge on any atom is 0.284 e. The minimum Gasteiger partial charge on any atom is -0.502 e. The van der Waals surface area contributed by atoms with Crippen LogP contribution in [0.2, 0.25) is 0 Å². The van der Waals surface area contributed by atoms with Crippen LogP contribution in [0.5, 0.6) is 0 Å². The maximum atomic E-state index is 13.2. The number of rotatable bonds is 3. The second-order valence-corrected chi connectivity index (χ2v) is 7.55. The van der Waals surface area contributed by atoms with Crippen LogP contribution in [0.25, 0.3) is 0 Å². The highest BCUT2D eigenvalue weighted by molar-refractivity contribution is 6.31. The molecule has 1 saturated heterocycles. The summed E-state index contributed by atoms with van der Waals surface area (Å²) in [5.74, 6) is -2.12. The number of aliphatic imine (C=N–C) groups is 1. The molecule has 2 heterocycles. The van der Waals surface area contributed by atoms with Gasteiger partial charge in [0.15, 0.2) is 5.76 Å². The van der Waals surface area contributed by atoms with E-state index in [-0.39, 0.29) is 11.5 Å². The van der Waals surface area contributed by atoms with Gasteiger partial charge < -0.3 is 15.7 Å². The van der Waals surface area contributed by atoms with E-state index in [1.54, 1.807) is 4.90 Å². The Morgan fingerprint density at radius 2 is 1.81 bits per heavy atom. The smallest absolute Gasteiger partial charge is 0.284 e. The number of aliphatic hydroxyl groups is 1. The fourth-order valence-electron chi connectivity index (χ4n) is 3.66. The molecule has 0 atom stereocenters. The summed E-state index contributed by atoms with van der Waals surface area (Å²) < 4.78 is 0. The first-order valence-corrected chi connectivity index (χ1v) is 9.01. The van der Waals surface area contributed by atoms with Crippen molar-refractivity contribution in [1.29, 1.82) is 0 Å². The number of primary amides is 1. The second kappa shape index (κ2) is 6.94. The van der Waals surface area contributed by atoms with Crippen LogP contribution in [0, 0.1) is 0 Å². The van der Waals surface area contributed by atoms with Crippen LogP contribution in [-0.4, -0.2) is 46.2 Å². The zero-order valence-corrected chi connectivity index (χ0v) is 15.3. The average molecular weight is 355 g/mol. The van der Waals surface area contributed by atoms with Crippen LogP contribution in [-0.2, 0) is 16.0 Å². The largest absolute Gasteiger partial charge is 0.502 e. The van der Waals surface area contributed by atoms with Gasteiger partial charge in [-0.25, -0.2) is 0 Å². The molecule has 1 aromatic rings.